The molecule has 4 fully saturated rings. The molecule has 0 radical (unpaired) electrons. The first-order chi connectivity index (χ1) is 13.8. The topological polar surface area (TPSA) is 46.6 Å². The molecule has 3 unspecified atom stereocenters. The summed E-state index contributed by atoms with van der Waals surface area (Å²) in [4.78, 5) is 25.8. The number of likely N-dealkylation sites (tertiary alicyclic amines) is 1. The molecular formula is C25H41NO3. The van der Waals surface area contributed by atoms with Gasteiger partial charge in [0.2, 0.25) is 5.91 Å². The molecule has 0 spiro atoms. The van der Waals surface area contributed by atoms with Crippen LogP contribution in [-0.4, -0.2) is 37.0 Å². The molecule has 1 amide bonds. The molecule has 3 aliphatic carbocycles. The van der Waals surface area contributed by atoms with Crippen LogP contribution in [0.2, 0.25) is 0 Å². The van der Waals surface area contributed by atoms with Gasteiger partial charge in [-0.25, -0.2) is 0 Å². The van der Waals surface area contributed by atoms with Crippen molar-refractivity contribution in [2.45, 2.75) is 96.9 Å². The number of hydrogen-bond acceptors (Lipinski definition) is 3. The van der Waals surface area contributed by atoms with Crippen molar-refractivity contribution in [2.24, 2.45) is 34.5 Å². The van der Waals surface area contributed by atoms with Gasteiger partial charge in [-0.3, -0.25) is 9.59 Å². The van der Waals surface area contributed by atoms with E-state index in [1.807, 2.05) is 0 Å². The van der Waals surface area contributed by atoms with Gasteiger partial charge in [-0.1, -0.05) is 20.3 Å². The van der Waals surface area contributed by atoms with Crippen LogP contribution in [0.25, 0.3) is 0 Å². The van der Waals surface area contributed by atoms with Crippen LogP contribution >= 0.6 is 0 Å². The fourth-order valence-electron chi connectivity index (χ4n) is 8.50. The molecule has 164 valence electrons. The van der Waals surface area contributed by atoms with E-state index >= 15 is 0 Å². The quantitative estimate of drug-likeness (QED) is 0.468. The Hall–Kier alpha value is -1.06. The SMILES string of the molecule is COC(=O)CCCC[C@H]1CCC2C3CC[C@H]4N(C)C(=O)CC[C@]4(C)C3CC[C@@]21C. The number of hydrogen-bond donors (Lipinski definition) is 0. The largest absolute Gasteiger partial charge is 0.469 e. The predicted molar refractivity (Wildman–Crippen MR) is 114 cm³/mol. The molecular weight excluding hydrogens is 362 g/mol. The summed E-state index contributed by atoms with van der Waals surface area (Å²) in [5, 5.41) is 0. The minimum absolute atomic E-state index is 0.0676. The lowest BCUT2D eigenvalue weighted by molar-refractivity contribution is -0.158. The van der Waals surface area contributed by atoms with Crippen LogP contribution in [0.4, 0.5) is 0 Å². The molecule has 29 heavy (non-hydrogen) atoms. The minimum Gasteiger partial charge on any atom is -0.469 e. The molecule has 1 aliphatic heterocycles. The first-order valence-corrected chi connectivity index (χ1v) is 12.1. The van der Waals surface area contributed by atoms with Crippen LogP contribution in [0, 0.1) is 34.5 Å². The second-order valence-corrected chi connectivity index (χ2v) is 11.1. The van der Waals surface area contributed by atoms with Gasteiger partial charge in [-0.05, 0) is 92.3 Å². The van der Waals surface area contributed by atoms with Gasteiger partial charge in [-0.2, -0.15) is 0 Å². The fourth-order valence-corrected chi connectivity index (χ4v) is 8.50. The summed E-state index contributed by atoms with van der Waals surface area (Å²) in [7, 11) is 3.54. The van der Waals surface area contributed by atoms with Crippen LogP contribution < -0.4 is 0 Å². The van der Waals surface area contributed by atoms with Crippen LogP contribution in [0.1, 0.15) is 90.9 Å². The third kappa shape index (κ3) is 3.43. The van der Waals surface area contributed by atoms with Gasteiger partial charge in [0.05, 0.1) is 7.11 Å². The first-order valence-electron chi connectivity index (χ1n) is 12.1. The van der Waals surface area contributed by atoms with Crippen molar-refractivity contribution in [3.63, 3.8) is 0 Å². The number of methoxy groups -OCH3 is 1. The number of nitrogens with zero attached hydrogens (tertiary/aromatic N) is 1. The van der Waals surface area contributed by atoms with Crippen molar-refractivity contribution in [2.75, 3.05) is 14.2 Å². The number of unbranched alkanes of at least 4 members (excludes halogenated alkanes) is 1. The first kappa shape index (κ1) is 21.2. The second kappa shape index (κ2) is 7.89. The van der Waals surface area contributed by atoms with Gasteiger partial charge in [0, 0.05) is 25.9 Å². The van der Waals surface area contributed by atoms with Crippen LogP contribution in [-0.2, 0) is 14.3 Å². The van der Waals surface area contributed by atoms with Gasteiger partial charge in [0.25, 0.3) is 0 Å². The Morgan fingerprint density at radius 3 is 2.55 bits per heavy atom. The number of fused-ring (bicyclic) bond motifs is 5. The Morgan fingerprint density at radius 2 is 1.79 bits per heavy atom. The summed E-state index contributed by atoms with van der Waals surface area (Å²) in [5.74, 6) is 3.64. The van der Waals surface area contributed by atoms with E-state index in [0.717, 1.165) is 49.4 Å². The zero-order valence-electron chi connectivity index (χ0n) is 19.0. The summed E-state index contributed by atoms with van der Waals surface area (Å²) in [6.07, 6.45) is 13.8. The van der Waals surface area contributed by atoms with E-state index in [1.54, 1.807) is 0 Å². The zero-order chi connectivity index (χ0) is 20.8. The summed E-state index contributed by atoms with van der Waals surface area (Å²) < 4.78 is 4.79. The molecule has 4 heteroatoms. The van der Waals surface area contributed by atoms with Crippen LogP contribution in [0.3, 0.4) is 0 Å². The third-order valence-corrected chi connectivity index (χ3v) is 10.2. The molecule has 0 aromatic carbocycles. The van der Waals surface area contributed by atoms with E-state index in [2.05, 4.69) is 25.8 Å². The Morgan fingerprint density at radius 1 is 1.03 bits per heavy atom. The monoisotopic (exact) mass is 403 g/mol. The lowest BCUT2D eigenvalue weighted by atomic mass is 9.46. The van der Waals surface area contributed by atoms with Crippen LogP contribution in [0.15, 0.2) is 0 Å². The summed E-state index contributed by atoms with van der Waals surface area (Å²) in [6, 6.07) is 0.463. The molecule has 3 saturated carbocycles. The molecule has 4 rings (SSSR count). The van der Waals surface area contributed by atoms with Crippen molar-refractivity contribution in [1.29, 1.82) is 0 Å². The normalized spacial score (nSPS) is 44.1. The van der Waals surface area contributed by atoms with Crippen molar-refractivity contribution in [3.05, 3.63) is 0 Å². The fraction of sp³-hybridized carbons (Fsp3) is 0.920. The van der Waals surface area contributed by atoms with Crippen molar-refractivity contribution >= 4 is 11.9 Å². The number of carbonyl (C=O) groups is 2. The summed E-state index contributed by atoms with van der Waals surface area (Å²) in [6.45, 7) is 5.11. The van der Waals surface area contributed by atoms with Gasteiger partial charge in [0.15, 0.2) is 0 Å². The number of ether oxygens (including phenoxy) is 1. The maximum atomic E-state index is 12.3. The van der Waals surface area contributed by atoms with E-state index in [-0.39, 0.29) is 5.97 Å². The van der Waals surface area contributed by atoms with E-state index in [9.17, 15) is 9.59 Å². The van der Waals surface area contributed by atoms with Crippen molar-refractivity contribution in [3.8, 4) is 0 Å². The molecule has 0 aromatic rings. The Bertz CT molecular complexity index is 648. The Balaban J connectivity index is 1.42. The van der Waals surface area contributed by atoms with Gasteiger partial charge >= 0.3 is 5.97 Å². The van der Waals surface area contributed by atoms with Gasteiger partial charge < -0.3 is 9.64 Å². The molecule has 1 saturated heterocycles. The molecule has 7 atom stereocenters. The molecule has 0 bridgehead atoms. The number of rotatable bonds is 5. The lowest BCUT2D eigenvalue weighted by Gasteiger charge is -2.62. The minimum atomic E-state index is -0.0676. The molecule has 4 aliphatic rings. The Labute approximate surface area is 177 Å². The third-order valence-electron chi connectivity index (χ3n) is 10.2. The van der Waals surface area contributed by atoms with Crippen molar-refractivity contribution in [1.82, 2.24) is 4.90 Å². The molecule has 4 nitrogen and oxygen atoms in total. The summed E-state index contributed by atoms with van der Waals surface area (Å²) in [5.41, 5.74) is 0.817. The smallest absolute Gasteiger partial charge is 0.305 e. The highest BCUT2D eigenvalue weighted by Gasteiger charge is 2.60. The highest BCUT2D eigenvalue weighted by molar-refractivity contribution is 5.77. The van der Waals surface area contributed by atoms with Gasteiger partial charge in [-0.15, -0.1) is 0 Å². The highest BCUT2D eigenvalue weighted by atomic mass is 16.5. The average molecular weight is 404 g/mol. The van der Waals surface area contributed by atoms with Gasteiger partial charge in [0.1, 0.15) is 0 Å². The second-order valence-electron chi connectivity index (χ2n) is 11.1. The summed E-state index contributed by atoms with van der Waals surface area (Å²) >= 11 is 0. The van der Waals surface area contributed by atoms with E-state index in [1.165, 1.54) is 52.1 Å². The number of carbonyl (C=O) groups excluding carboxylic acids is 2. The van der Waals surface area contributed by atoms with E-state index in [4.69, 9.17) is 4.74 Å². The lowest BCUT2D eigenvalue weighted by Crippen LogP contribution is -2.61. The Kier molecular flexibility index (Phi) is 5.76. The average Bonchev–Trinajstić information content (AvgIpc) is 3.04. The highest BCUT2D eigenvalue weighted by Crippen LogP contribution is 2.66. The molecule has 0 N–H and O–H groups in total. The van der Waals surface area contributed by atoms with E-state index in [0.29, 0.717) is 29.2 Å². The number of amides is 1. The van der Waals surface area contributed by atoms with Crippen molar-refractivity contribution < 1.29 is 14.3 Å². The molecule has 0 aromatic heterocycles. The predicted octanol–water partition coefficient (Wildman–Crippen LogP) is 5.20. The maximum Gasteiger partial charge on any atom is 0.305 e. The van der Waals surface area contributed by atoms with E-state index < -0.39 is 0 Å². The maximum absolute atomic E-state index is 12.3. The van der Waals surface area contributed by atoms with Crippen LogP contribution in [0.5, 0.6) is 0 Å². The number of piperidine rings is 1. The number of esters is 1. The molecule has 1 heterocycles. The standard InChI is InChI=1S/C25H41NO3/c1-24-15-13-20-18(10-12-21-25(20,2)16-14-22(27)26(21)3)19(24)11-9-17(24)7-5-6-8-23(28)29-4/h17-21H,5-16H2,1-4H3/t17-,18?,19?,20?,21+,24+,25+/m0/s1. The zero-order valence-corrected chi connectivity index (χ0v) is 19.0.